The van der Waals surface area contributed by atoms with Gasteiger partial charge in [-0.15, -0.1) is 0 Å². The molecule has 2 N–H and O–H groups in total. The van der Waals surface area contributed by atoms with Crippen LogP contribution in [0.1, 0.15) is 42.9 Å². The van der Waals surface area contributed by atoms with E-state index in [1.807, 2.05) is 18.2 Å². The van der Waals surface area contributed by atoms with Gasteiger partial charge in [-0.1, -0.05) is 0 Å². The van der Waals surface area contributed by atoms with Gasteiger partial charge < -0.3 is 10.2 Å². The minimum Gasteiger partial charge on any atom is -0.371 e. The van der Waals surface area contributed by atoms with Gasteiger partial charge in [0.15, 0.2) is 0 Å². The summed E-state index contributed by atoms with van der Waals surface area (Å²) in [7, 11) is -3.63. The van der Waals surface area contributed by atoms with Gasteiger partial charge in [0.2, 0.25) is 10.0 Å². The topological polar surface area (TPSA) is 94.2 Å². The lowest BCUT2D eigenvalue weighted by molar-refractivity contribution is -0.137. The third kappa shape index (κ3) is 5.74. The Labute approximate surface area is 213 Å². The van der Waals surface area contributed by atoms with Crippen LogP contribution in [0.3, 0.4) is 0 Å². The molecule has 0 saturated carbocycles. The van der Waals surface area contributed by atoms with E-state index in [-0.39, 0.29) is 10.9 Å². The largest absolute Gasteiger partial charge is 0.417 e. The number of alkyl halides is 3. The second kappa shape index (κ2) is 10.3. The Morgan fingerprint density at radius 2 is 1.62 bits per heavy atom. The molecule has 0 bridgehead atoms. The minimum absolute atomic E-state index is 0.0669. The quantitative estimate of drug-likeness (QED) is 0.485. The van der Waals surface area contributed by atoms with E-state index in [0.29, 0.717) is 37.7 Å². The number of nitrogens with one attached hydrogen (secondary N) is 2. The molecule has 0 amide bonds. The number of pyridine rings is 1. The van der Waals surface area contributed by atoms with E-state index in [4.69, 9.17) is 0 Å². The van der Waals surface area contributed by atoms with Crippen molar-refractivity contribution in [3.8, 4) is 0 Å². The van der Waals surface area contributed by atoms with Crippen molar-refractivity contribution >= 4 is 21.5 Å². The second-order valence-corrected chi connectivity index (χ2v) is 11.5. The highest BCUT2D eigenvalue weighted by atomic mass is 32.2. The number of nitrogens with zero attached hydrogens (tertiary/aromatic N) is 4. The van der Waals surface area contributed by atoms with Gasteiger partial charge in [0.05, 0.1) is 10.5 Å². The zero-order chi connectivity index (χ0) is 26.0. The summed E-state index contributed by atoms with van der Waals surface area (Å²) in [5.74, 6) is 0.810. The van der Waals surface area contributed by atoms with Crippen LogP contribution in [0.4, 0.5) is 24.7 Å². The lowest BCUT2D eigenvalue weighted by Gasteiger charge is -2.33. The van der Waals surface area contributed by atoms with Crippen LogP contribution in [-0.4, -0.2) is 60.1 Å². The second-order valence-electron chi connectivity index (χ2n) is 9.52. The summed E-state index contributed by atoms with van der Waals surface area (Å²) < 4.78 is 66.1. The fraction of sp³-hybridized carbons (Fsp3) is 0.440. The standard InChI is InChI=1S/C25H29F3N6O2S/c26-25(27,28)19-1-6-24(29-17-19)31-20-10-15-34(16-11-20)37(35,36)22-4-2-21(3-5-22)33-13-8-18(9-14-33)23-7-12-30-32-23/h1-7,12,17-18,20H,8-11,13-16H2,(H,29,31)(H,30,32). The van der Waals surface area contributed by atoms with Crippen molar-refractivity contribution in [2.45, 2.75) is 48.7 Å². The number of anilines is 2. The number of benzene rings is 1. The highest BCUT2D eigenvalue weighted by Gasteiger charge is 2.32. The molecule has 2 saturated heterocycles. The zero-order valence-electron chi connectivity index (χ0n) is 20.2. The normalized spacial score (nSPS) is 18.7. The first kappa shape index (κ1) is 25.5. The number of sulfonamides is 1. The molecule has 0 unspecified atom stereocenters. The first-order valence-electron chi connectivity index (χ1n) is 12.3. The highest BCUT2D eigenvalue weighted by molar-refractivity contribution is 7.89. The van der Waals surface area contributed by atoms with Crippen molar-refractivity contribution in [3.63, 3.8) is 0 Å². The molecule has 2 aromatic heterocycles. The molecule has 0 aliphatic carbocycles. The molecule has 8 nitrogen and oxygen atoms in total. The van der Waals surface area contributed by atoms with Crippen LogP contribution >= 0.6 is 0 Å². The van der Waals surface area contributed by atoms with Crippen LogP contribution in [0.5, 0.6) is 0 Å². The molecule has 0 spiro atoms. The molecular weight excluding hydrogens is 505 g/mol. The number of piperidine rings is 2. The van der Waals surface area contributed by atoms with E-state index >= 15 is 0 Å². The van der Waals surface area contributed by atoms with Crippen LogP contribution in [0.25, 0.3) is 0 Å². The van der Waals surface area contributed by atoms with E-state index in [1.54, 1.807) is 18.3 Å². The van der Waals surface area contributed by atoms with Gasteiger partial charge in [-0.05, 0) is 68.1 Å². The smallest absolute Gasteiger partial charge is 0.371 e. The van der Waals surface area contributed by atoms with Crippen molar-refractivity contribution in [1.82, 2.24) is 19.5 Å². The molecule has 2 fully saturated rings. The van der Waals surface area contributed by atoms with Crippen molar-refractivity contribution in [2.75, 3.05) is 36.4 Å². The monoisotopic (exact) mass is 534 g/mol. The van der Waals surface area contributed by atoms with Gasteiger partial charge in [-0.3, -0.25) is 5.10 Å². The van der Waals surface area contributed by atoms with Gasteiger partial charge in [0, 0.05) is 61.9 Å². The highest BCUT2D eigenvalue weighted by Crippen LogP contribution is 2.31. The Morgan fingerprint density at radius 1 is 0.919 bits per heavy atom. The summed E-state index contributed by atoms with van der Waals surface area (Å²) in [5.41, 5.74) is 1.37. The number of H-pyrrole nitrogens is 1. The van der Waals surface area contributed by atoms with Crippen LogP contribution in [0.15, 0.2) is 59.8 Å². The first-order chi connectivity index (χ1) is 17.7. The molecule has 0 radical (unpaired) electrons. The van der Waals surface area contributed by atoms with Crippen molar-refractivity contribution in [3.05, 3.63) is 66.1 Å². The Kier molecular flexibility index (Phi) is 7.13. The summed E-state index contributed by atoms with van der Waals surface area (Å²) in [5, 5.41) is 10.2. The molecule has 1 aromatic carbocycles. The van der Waals surface area contributed by atoms with Gasteiger partial charge in [-0.25, -0.2) is 13.4 Å². The Bertz CT molecular complexity index is 1270. The van der Waals surface area contributed by atoms with E-state index < -0.39 is 21.8 Å². The fourth-order valence-electron chi connectivity index (χ4n) is 5.02. The summed E-state index contributed by atoms with van der Waals surface area (Å²) in [6.07, 6.45) is 1.22. The van der Waals surface area contributed by atoms with E-state index in [0.717, 1.165) is 49.6 Å². The maximum absolute atomic E-state index is 13.2. The maximum Gasteiger partial charge on any atom is 0.417 e. The van der Waals surface area contributed by atoms with Gasteiger partial charge >= 0.3 is 6.18 Å². The number of aromatic nitrogens is 3. The Hall–Kier alpha value is -3.12. The summed E-state index contributed by atoms with van der Waals surface area (Å²) in [4.78, 5) is 6.38. The predicted octanol–water partition coefficient (Wildman–Crippen LogP) is 4.47. The fourth-order valence-corrected chi connectivity index (χ4v) is 6.49. The molecule has 12 heteroatoms. The van der Waals surface area contributed by atoms with Crippen LogP contribution in [-0.2, 0) is 16.2 Å². The minimum atomic E-state index is -4.43. The molecule has 5 rings (SSSR count). The predicted molar refractivity (Wildman–Crippen MR) is 134 cm³/mol. The lowest BCUT2D eigenvalue weighted by atomic mass is 9.93. The molecule has 3 aromatic rings. The van der Waals surface area contributed by atoms with Gasteiger partial charge in [0.25, 0.3) is 0 Å². The van der Waals surface area contributed by atoms with Crippen LogP contribution in [0, 0.1) is 0 Å². The number of hydrogen-bond donors (Lipinski definition) is 2. The van der Waals surface area contributed by atoms with E-state index in [2.05, 4.69) is 25.4 Å². The third-order valence-corrected chi connectivity index (χ3v) is 9.11. The SMILES string of the molecule is O=S(=O)(c1ccc(N2CCC(c3ccn[nH]3)CC2)cc1)N1CCC(Nc2ccc(C(F)(F)F)cn2)CC1. The molecule has 4 heterocycles. The van der Waals surface area contributed by atoms with Gasteiger partial charge in [-0.2, -0.15) is 22.6 Å². The van der Waals surface area contributed by atoms with Crippen molar-refractivity contribution < 1.29 is 21.6 Å². The molecule has 2 aliphatic heterocycles. The average molecular weight is 535 g/mol. The number of aromatic amines is 1. The zero-order valence-corrected chi connectivity index (χ0v) is 21.0. The molecule has 198 valence electrons. The van der Waals surface area contributed by atoms with Crippen molar-refractivity contribution in [1.29, 1.82) is 0 Å². The van der Waals surface area contributed by atoms with Gasteiger partial charge in [0.1, 0.15) is 5.82 Å². The van der Waals surface area contributed by atoms with Crippen LogP contribution < -0.4 is 10.2 Å². The average Bonchev–Trinajstić information content (AvgIpc) is 3.44. The summed E-state index contributed by atoms with van der Waals surface area (Å²) in [6.45, 7) is 2.43. The number of hydrogen-bond acceptors (Lipinski definition) is 6. The third-order valence-electron chi connectivity index (χ3n) is 7.19. The van der Waals surface area contributed by atoms with E-state index in [9.17, 15) is 21.6 Å². The molecule has 2 aliphatic rings. The van der Waals surface area contributed by atoms with E-state index in [1.165, 1.54) is 10.4 Å². The molecular formula is C25H29F3N6O2S. The summed E-state index contributed by atoms with van der Waals surface area (Å²) >= 11 is 0. The maximum atomic E-state index is 13.2. The first-order valence-corrected chi connectivity index (χ1v) is 13.8. The molecule has 0 atom stereocenters. The molecule has 37 heavy (non-hydrogen) atoms. The number of halogens is 3. The van der Waals surface area contributed by atoms with Crippen LogP contribution in [0.2, 0.25) is 0 Å². The Balaban J connectivity index is 1.14. The Morgan fingerprint density at radius 3 is 2.19 bits per heavy atom. The van der Waals surface area contributed by atoms with Crippen molar-refractivity contribution in [2.24, 2.45) is 0 Å². The lowest BCUT2D eigenvalue weighted by Crippen LogP contribution is -2.42. The number of rotatable bonds is 6. The summed E-state index contributed by atoms with van der Waals surface area (Å²) in [6, 6.07) is 11.3.